The van der Waals surface area contributed by atoms with Crippen molar-refractivity contribution < 1.29 is 0 Å². The molecule has 0 amide bonds. The van der Waals surface area contributed by atoms with E-state index in [4.69, 9.17) is 0 Å². The maximum atomic E-state index is 4.25. The van der Waals surface area contributed by atoms with E-state index in [1.165, 1.54) is 21.2 Å². The molecule has 1 heterocycles. The van der Waals surface area contributed by atoms with Crippen LogP contribution in [0.25, 0.3) is 0 Å². The summed E-state index contributed by atoms with van der Waals surface area (Å²) in [6.07, 6.45) is 7.32. The standard InChI is InChI=1S/C17H24BrN3/c1-4-9-19-17(8-6-14-11-20-21(3)12-14)15-7-5-13(2)10-16(15)18/h5,7,10-12,17,19H,4,6,8-9H2,1-3H3. The van der Waals surface area contributed by atoms with Crippen LogP contribution in [0.3, 0.4) is 0 Å². The smallest absolute Gasteiger partial charge is 0.0521 e. The van der Waals surface area contributed by atoms with E-state index in [-0.39, 0.29) is 0 Å². The number of halogens is 1. The highest BCUT2D eigenvalue weighted by atomic mass is 79.9. The van der Waals surface area contributed by atoms with Crippen molar-refractivity contribution in [1.29, 1.82) is 0 Å². The molecule has 1 aromatic heterocycles. The van der Waals surface area contributed by atoms with Crippen LogP contribution in [0.15, 0.2) is 35.1 Å². The fourth-order valence-electron chi connectivity index (χ4n) is 2.51. The summed E-state index contributed by atoms with van der Waals surface area (Å²) in [5.74, 6) is 0. The van der Waals surface area contributed by atoms with Gasteiger partial charge in [-0.1, -0.05) is 35.0 Å². The lowest BCUT2D eigenvalue weighted by molar-refractivity contribution is 0.497. The van der Waals surface area contributed by atoms with E-state index in [0.29, 0.717) is 6.04 Å². The molecule has 0 aliphatic carbocycles. The van der Waals surface area contributed by atoms with Crippen molar-refractivity contribution in [1.82, 2.24) is 15.1 Å². The number of benzene rings is 1. The number of rotatable bonds is 7. The largest absolute Gasteiger partial charge is 0.310 e. The number of aryl methyl sites for hydroxylation is 3. The van der Waals surface area contributed by atoms with Gasteiger partial charge < -0.3 is 5.32 Å². The van der Waals surface area contributed by atoms with E-state index in [1.54, 1.807) is 0 Å². The van der Waals surface area contributed by atoms with Crippen molar-refractivity contribution in [2.45, 2.75) is 39.2 Å². The zero-order valence-corrected chi connectivity index (χ0v) is 14.7. The van der Waals surface area contributed by atoms with Crippen molar-refractivity contribution in [3.8, 4) is 0 Å². The Morgan fingerprint density at radius 3 is 2.81 bits per heavy atom. The van der Waals surface area contributed by atoms with Crippen molar-refractivity contribution in [2.75, 3.05) is 6.54 Å². The monoisotopic (exact) mass is 349 g/mol. The summed E-state index contributed by atoms with van der Waals surface area (Å²) >= 11 is 3.71. The third-order valence-corrected chi connectivity index (χ3v) is 4.34. The highest BCUT2D eigenvalue weighted by Gasteiger charge is 2.14. The first-order valence-electron chi connectivity index (χ1n) is 7.57. The maximum Gasteiger partial charge on any atom is 0.0521 e. The lowest BCUT2D eigenvalue weighted by atomic mass is 9.99. The van der Waals surface area contributed by atoms with Gasteiger partial charge in [0, 0.05) is 23.8 Å². The Bertz CT molecular complexity index is 577. The highest BCUT2D eigenvalue weighted by Crippen LogP contribution is 2.27. The van der Waals surface area contributed by atoms with Gasteiger partial charge in [-0.2, -0.15) is 5.10 Å². The fourth-order valence-corrected chi connectivity index (χ4v) is 3.28. The lowest BCUT2D eigenvalue weighted by Gasteiger charge is -2.20. The van der Waals surface area contributed by atoms with Crippen LogP contribution >= 0.6 is 15.9 Å². The number of nitrogens with zero attached hydrogens (tertiary/aromatic N) is 2. The molecular weight excluding hydrogens is 326 g/mol. The van der Waals surface area contributed by atoms with Crippen molar-refractivity contribution >= 4 is 15.9 Å². The van der Waals surface area contributed by atoms with Crippen LogP contribution in [0.5, 0.6) is 0 Å². The zero-order chi connectivity index (χ0) is 15.2. The second-order valence-electron chi connectivity index (χ2n) is 5.59. The molecule has 1 aromatic carbocycles. The topological polar surface area (TPSA) is 29.9 Å². The van der Waals surface area contributed by atoms with E-state index in [2.05, 4.69) is 64.6 Å². The first-order chi connectivity index (χ1) is 10.1. The molecule has 0 spiro atoms. The number of aromatic nitrogens is 2. The summed E-state index contributed by atoms with van der Waals surface area (Å²) in [4.78, 5) is 0. The van der Waals surface area contributed by atoms with Gasteiger partial charge in [-0.25, -0.2) is 0 Å². The van der Waals surface area contributed by atoms with E-state index in [1.807, 2.05) is 17.9 Å². The average Bonchev–Trinajstić information content (AvgIpc) is 2.86. The molecule has 0 fully saturated rings. The van der Waals surface area contributed by atoms with E-state index in [0.717, 1.165) is 25.8 Å². The fraction of sp³-hybridized carbons (Fsp3) is 0.471. The molecule has 3 nitrogen and oxygen atoms in total. The Morgan fingerprint density at radius 1 is 1.38 bits per heavy atom. The molecule has 2 rings (SSSR count). The van der Waals surface area contributed by atoms with Crippen LogP contribution in [-0.2, 0) is 13.5 Å². The molecule has 0 aliphatic rings. The SMILES string of the molecule is CCCNC(CCc1cnn(C)c1)c1ccc(C)cc1Br. The van der Waals surface area contributed by atoms with Gasteiger partial charge in [0.1, 0.15) is 0 Å². The molecule has 0 saturated heterocycles. The average molecular weight is 350 g/mol. The highest BCUT2D eigenvalue weighted by molar-refractivity contribution is 9.10. The second-order valence-corrected chi connectivity index (χ2v) is 6.45. The van der Waals surface area contributed by atoms with Gasteiger partial charge >= 0.3 is 0 Å². The molecular formula is C17H24BrN3. The Labute approximate surface area is 135 Å². The zero-order valence-electron chi connectivity index (χ0n) is 13.1. The van der Waals surface area contributed by atoms with Crippen LogP contribution in [0.1, 0.15) is 42.5 Å². The lowest BCUT2D eigenvalue weighted by Crippen LogP contribution is -2.23. The quantitative estimate of drug-likeness (QED) is 0.812. The number of hydrogen-bond donors (Lipinski definition) is 1. The van der Waals surface area contributed by atoms with Gasteiger partial charge in [0.15, 0.2) is 0 Å². The van der Waals surface area contributed by atoms with Gasteiger partial charge in [-0.15, -0.1) is 0 Å². The number of nitrogens with one attached hydrogen (secondary N) is 1. The van der Waals surface area contributed by atoms with E-state index < -0.39 is 0 Å². The predicted octanol–water partition coefficient (Wildman–Crippen LogP) is 4.16. The van der Waals surface area contributed by atoms with Crippen molar-refractivity contribution in [3.05, 3.63) is 51.8 Å². The van der Waals surface area contributed by atoms with Gasteiger partial charge in [0.05, 0.1) is 6.20 Å². The summed E-state index contributed by atoms with van der Waals surface area (Å²) in [6, 6.07) is 6.99. The van der Waals surface area contributed by atoms with E-state index >= 15 is 0 Å². The van der Waals surface area contributed by atoms with Crippen LogP contribution < -0.4 is 5.32 Å². The minimum Gasteiger partial charge on any atom is -0.310 e. The Hall–Kier alpha value is -1.13. The van der Waals surface area contributed by atoms with Crippen LogP contribution in [0.2, 0.25) is 0 Å². The van der Waals surface area contributed by atoms with Gasteiger partial charge in [0.25, 0.3) is 0 Å². The van der Waals surface area contributed by atoms with Crippen LogP contribution in [0, 0.1) is 6.92 Å². The van der Waals surface area contributed by atoms with Gasteiger partial charge in [-0.05, 0) is 55.5 Å². The first kappa shape index (κ1) is 16.2. The molecule has 0 aliphatic heterocycles. The summed E-state index contributed by atoms with van der Waals surface area (Å²) in [5, 5.41) is 7.91. The number of hydrogen-bond acceptors (Lipinski definition) is 2. The van der Waals surface area contributed by atoms with E-state index in [9.17, 15) is 0 Å². The molecule has 0 radical (unpaired) electrons. The molecule has 1 unspecified atom stereocenters. The summed E-state index contributed by atoms with van der Waals surface area (Å²) in [7, 11) is 1.97. The minimum atomic E-state index is 0.375. The normalized spacial score (nSPS) is 12.6. The third kappa shape index (κ3) is 4.68. The van der Waals surface area contributed by atoms with Gasteiger partial charge in [0.2, 0.25) is 0 Å². The van der Waals surface area contributed by atoms with Crippen LogP contribution in [-0.4, -0.2) is 16.3 Å². The molecule has 0 bridgehead atoms. The molecule has 4 heteroatoms. The summed E-state index contributed by atoms with van der Waals surface area (Å²) in [5.41, 5.74) is 3.93. The van der Waals surface area contributed by atoms with Crippen LogP contribution in [0.4, 0.5) is 0 Å². The molecule has 1 N–H and O–H groups in total. The maximum absolute atomic E-state index is 4.25. The van der Waals surface area contributed by atoms with Crippen molar-refractivity contribution in [3.63, 3.8) is 0 Å². The predicted molar refractivity (Wildman–Crippen MR) is 91.4 cm³/mol. The first-order valence-corrected chi connectivity index (χ1v) is 8.36. The Balaban J connectivity index is 2.09. The minimum absolute atomic E-state index is 0.375. The van der Waals surface area contributed by atoms with Gasteiger partial charge in [-0.3, -0.25) is 4.68 Å². The molecule has 114 valence electrons. The summed E-state index contributed by atoms with van der Waals surface area (Å²) in [6.45, 7) is 5.37. The second kappa shape index (κ2) is 7.76. The molecule has 21 heavy (non-hydrogen) atoms. The van der Waals surface area contributed by atoms with Crippen molar-refractivity contribution in [2.24, 2.45) is 7.05 Å². The summed E-state index contributed by atoms with van der Waals surface area (Å²) < 4.78 is 3.06. The third-order valence-electron chi connectivity index (χ3n) is 3.65. The molecule has 2 aromatic rings. The molecule has 0 saturated carbocycles. The Kier molecular flexibility index (Phi) is 6.00. The Morgan fingerprint density at radius 2 is 2.19 bits per heavy atom. The molecule has 1 atom stereocenters.